The number of allylic oxidation sites excluding steroid dienone is 7. The highest BCUT2D eigenvalue weighted by molar-refractivity contribution is 7.95. The molecule has 0 heterocycles. The molecule has 0 aromatic heterocycles. The van der Waals surface area contributed by atoms with Crippen LogP contribution in [0.15, 0.2) is 47.4 Å². The summed E-state index contributed by atoms with van der Waals surface area (Å²) < 4.78 is 19.2. The molecule has 0 amide bonds. The monoisotopic (exact) mass is 223 g/mol. The van der Waals surface area contributed by atoms with E-state index in [9.17, 15) is 4.21 Å². The first-order valence-electron chi connectivity index (χ1n) is 4.95. The first-order valence-corrected chi connectivity index (χ1v) is 6.92. The van der Waals surface area contributed by atoms with Gasteiger partial charge in [0.05, 0.1) is 9.73 Å². The lowest BCUT2D eigenvalue weighted by Gasteiger charge is -2.04. The van der Waals surface area contributed by atoms with E-state index in [-0.39, 0.29) is 0 Å². The molecule has 82 valence electrons. The lowest BCUT2D eigenvalue weighted by molar-refractivity contribution is 0.683. The van der Waals surface area contributed by atoms with Crippen LogP contribution in [-0.2, 0) is 9.73 Å². The zero-order valence-corrected chi connectivity index (χ0v) is 9.96. The van der Waals surface area contributed by atoms with Crippen molar-refractivity contribution in [3.05, 3.63) is 47.4 Å². The van der Waals surface area contributed by atoms with Crippen LogP contribution in [0, 0.1) is 10.7 Å². The van der Waals surface area contributed by atoms with Crippen LogP contribution >= 0.6 is 0 Å². The second-order valence-electron chi connectivity index (χ2n) is 3.72. The van der Waals surface area contributed by atoms with Crippen molar-refractivity contribution in [3.8, 4) is 0 Å². The van der Waals surface area contributed by atoms with Gasteiger partial charge in [-0.25, -0.2) is 8.99 Å². The summed E-state index contributed by atoms with van der Waals surface area (Å²) in [6.45, 7) is 2.06. The van der Waals surface area contributed by atoms with Crippen LogP contribution in [0.4, 0.5) is 0 Å². The van der Waals surface area contributed by atoms with E-state index < -0.39 is 9.73 Å². The van der Waals surface area contributed by atoms with E-state index >= 15 is 0 Å². The highest BCUT2D eigenvalue weighted by Gasteiger charge is 2.03. The predicted molar refractivity (Wildman–Crippen MR) is 66.1 cm³/mol. The zero-order chi connectivity index (χ0) is 11.3. The lowest BCUT2D eigenvalue weighted by Crippen LogP contribution is -1.97. The quantitative estimate of drug-likeness (QED) is 0.728. The van der Waals surface area contributed by atoms with Crippen molar-refractivity contribution in [1.82, 2.24) is 0 Å². The maximum atomic E-state index is 11.6. The zero-order valence-electron chi connectivity index (χ0n) is 9.14. The van der Waals surface area contributed by atoms with E-state index in [2.05, 4.69) is 13.0 Å². The van der Waals surface area contributed by atoms with Gasteiger partial charge in [0.1, 0.15) is 0 Å². The third-order valence-electron chi connectivity index (χ3n) is 2.13. The average Bonchev–Trinajstić information content (AvgIpc) is 2.14. The molecule has 0 aromatic carbocycles. The van der Waals surface area contributed by atoms with Crippen molar-refractivity contribution in [3.63, 3.8) is 0 Å². The molecule has 0 fully saturated rings. The Morgan fingerprint density at radius 2 is 2.13 bits per heavy atom. The minimum Gasteiger partial charge on any atom is -0.249 e. The molecule has 2 unspecified atom stereocenters. The molecule has 0 spiro atoms. The fraction of sp³-hybridized carbons (Fsp3) is 0.333. The van der Waals surface area contributed by atoms with Crippen molar-refractivity contribution in [1.29, 1.82) is 4.78 Å². The van der Waals surface area contributed by atoms with Crippen molar-refractivity contribution < 1.29 is 4.21 Å². The molecule has 3 heteroatoms. The Morgan fingerprint density at radius 1 is 1.40 bits per heavy atom. The van der Waals surface area contributed by atoms with Gasteiger partial charge in [0.25, 0.3) is 0 Å². The lowest BCUT2D eigenvalue weighted by atomic mass is 10.1. The summed E-state index contributed by atoms with van der Waals surface area (Å²) >= 11 is 0. The van der Waals surface area contributed by atoms with Crippen LogP contribution in [0.5, 0.6) is 0 Å². The molecule has 0 saturated carbocycles. The molecule has 1 N–H and O–H groups in total. The second kappa shape index (κ2) is 5.12. The highest BCUT2D eigenvalue weighted by atomic mass is 32.2. The standard InChI is InChI=1S/C12H17NOS/c1-11-7-5-3-4-6-8-12(10-9-11)15(2,13)14/h3-5,7-11,13H,6H2,1-2H3/b4-3-,7-5-,10-9?,12-8+. The number of nitrogens with one attached hydrogen (secondary N) is 1. The molecule has 0 aromatic rings. The van der Waals surface area contributed by atoms with Crippen molar-refractivity contribution >= 4 is 9.73 Å². The molecule has 2 atom stereocenters. The molecule has 0 aliphatic heterocycles. The second-order valence-corrected chi connectivity index (χ2v) is 5.88. The van der Waals surface area contributed by atoms with Gasteiger partial charge in [-0.2, -0.15) is 0 Å². The molecule has 0 radical (unpaired) electrons. The summed E-state index contributed by atoms with van der Waals surface area (Å²) in [5.41, 5.74) is 0. The van der Waals surface area contributed by atoms with E-state index in [1.165, 1.54) is 6.26 Å². The molecule has 1 aliphatic rings. The van der Waals surface area contributed by atoms with Gasteiger partial charge < -0.3 is 0 Å². The molecule has 15 heavy (non-hydrogen) atoms. The van der Waals surface area contributed by atoms with Gasteiger partial charge in [-0.1, -0.05) is 43.4 Å². The SMILES string of the molecule is CC1C=C/C(S(C)(=N)=O)=C\C/C=C\C=C/1. The van der Waals surface area contributed by atoms with Gasteiger partial charge in [-0.15, -0.1) is 0 Å². The molecule has 2 nitrogen and oxygen atoms in total. The van der Waals surface area contributed by atoms with Crippen LogP contribution in [-0.4, -0.2) is 10.5 Å². The minimum atomic E-state index is -2.60. The van der Waals surface area contributed by atoms with Crippen molar-refractivity contribution in [2.24, 2.45) is 5.92 Å². The molecule has 0 saturated heterocycles. The third kappa shape index (κ3) is 4.30. The Kier molecular flexibility index (Phi) is 4.09. The summed E-state index contributed by atoms with van der Waals surface area (Å²) in [4.78, 5) is 0.620. The van der Waals surface area contributed by atoms with E-state index in [0.717, 1.165) is 6.42 Å². The molecular formula is C12H17NOS. The van der Waals surface area contributed by atoms with E-state index in [1.807, 2.05) is 36.5 Å². The Labute approximate surface area is 92.1 Å². The number of hydrogen-bond acceptors (Lipinski definition) is 2. The van der Waals surface area contributed by atoms with Crippen LogP contribution in [0.3, 0.4) is 0 Å². The van der Waals surface area contributed by atoms with Crippen LogP contribution in [0.2, 0.25) is 0 Å². The Hall–Kier alpha value is -1.09. The summed E-state index contributed by atoms with van der Waals surface area (Å²) in [5.74, 6) is 0.304. The molecule has 1 aliphatic carbocycles. The van der Waals surface area contributed by atoms with Crippen LogP contribution < -0.4 is 0 Å². The first-order chi connectivity index (χ1) is 7.00. The molecule has 1 rings (SSSR count). The third-order valence-corrected chi connectivity index (χ3v) is 3.33. The predicted octanol–water partition coefficient (Wildman–Crippen LogP) is 3.26. The maximum absolute atomic E-state index is 11.6. The smallest absolute Gasteiger partial charge is 0.0693 e. The van der Waals surface area contributed by atoms with Crippen molar-refractivity contribution in [2.75, 3.05) is 6.26 Å². The van der Waals surface area contributed by atoms with Gasteiger partial charge >= 0.3 is 0 Å². The van der Waals surface area contributed by atoms with Gasteiger partial charge in [0, 0.05) is 11.2 Å². The summed E-state index contributed by atoms with van der Waals surface area (Å²) in [6, 6.07) is 0. The van der Waals surface area contributed by atoms with Gasteiger partial charge in [0.15, 0.2) is 0 Å². The average molecular weight is 223 g/mol. The van der Waals surface area contributed by atoms with Crippen LogP contribution in [0.1, 0.15) is 13.3 Å². The summed E-state index contributed by atoms with van der Waals surface area (Å²) in [6.07, 6.45) is 15.9. The topological polar surface area (TPSA) is 40.9 Å². The highest BCUT2D eigenvalue weighted by Crippen LogP contribution is 2.12. The van der Waals surface area contributed by atoms with Gasteiger partial charge in [-0.3, -0.25) is 0 Å². The van der Waals surface area contributed by atoms with Crippen molar-refractivity contribution in [2.45, 2.75) is 13.3 Å². The summed E-state index contributed by atoms with van der Waals surface area (Å²) in [5, 5.41) is 0. The van der Waals surface area contributed by atoms with Gasteiger partial charge in [0.2, 0.25) is 0 Å². The van der Waals surface area contributed by atoms with E-state index in [1.54, 1.807) is 0 Å². The maximum Gasteiger partial charge on any atom is 0.0693 e. The Morgan fingerprint density at radius 3 is 2.80 bits per heavy atom. The number of rotatable bonds is 1. The number of hydrogen-bond donors (Lipinski definition) is 1. The molecule has 0 bridgehead atoms. The molecular weight excluding hydrogens is 206 g/mol. The Bertz CT molecular complexity index is 425. The Balaban J connectivity index is 3.02. The normalized spacial score (nSPS) is 33.5. The van der Waals surface area contributed by atoms with E-state index in [0.29, 0.717) is 10.8 Å². The first kappa shape index (κ1) is 12.0. The largest absolute Gasteiger partial charge is 0.249 e. The fourth-order valence-electron chi connectivity index (χ4n) is 1.25. The summed E-state index contributed by atoms with van der Waals surface area (Å²) in [7, 11) is -2.60. The van der Waals surface area contributed by atoms with Crippen LogP contribution in [0.25, 0.3) is 0 Å². The van der Waals surface area contributed by atoms with Gasteiger partial charge in [-0.05, 0) is 18.4 Å². The minimum absolute atomic E-state index is 0.304. The van der Waals surface area contributed by atoms with E-state index in [4.69, 9.17) is 4.78 Å². The fourth-order valence-corrected chi connectivity index (χ4v) is 2.00.